The van der Waals surface area contributed by atoms with E-state index in [0.29, 0.717) is 12.5 Å². The summed E-state index contributed by atoms with van der Waals surface area (Å²) in [5.74, 6) is 0.552. The predicted octanol–water partition coefficient (Wildman–Crippen LogP) is 3.93. The van der Waals surface area contributed by atoms with Crippen molar-refractivity contribution in [1.82, 2.24) is 19.7 Å². The average Bonchev–Trinajstić information content (AvgIpc) is 3.35. The van der Waals surface area contributed by atoms with Crippen LogP contribution in [0.5, 0.6) is 0 Å². The molecule has 0 saturated carbocycles. The van der Waals surface area contributed by atoms with Crippen LogP contribution in [0.2, 0.25) is 0 Å². The van der Waals surface area contributed by atoms with E-state index in [9.17, 15) is 0 Å². The molecule has 2 aromatic carbocycles. The van der Waals surface area contributed by atoms with Crippen molar-refractivity contribution in [2.24, 2.45) is 0 Å². The zero-order valence-corrected chi connectivity index (χ0v) is 15.9. The van der Waals surface area contributed by atoms with Crippen LogP contribution < -0.4 is 5.32 Å². The van der Waals surface area contributed by atoms with Crippen LogP contribution in [-0.2, 0) is 11.3 Å². The van der Waals surface area contributed by atoms with Gasteiger partial charge < -0.3 is 14.6 Å². The zero-order chi connectivity index (χ0) is 18.9. The molecule has 6 heteroatoms. The van der Waals surface area contributed by atoms with Crippen LogP contribution in [0.25, 0.3) is 22.1 Å². The Hall–Kier alpha value is -2.99. The molecule has 3 heterocycles. The molecule has 1 unspecified atom stereocenters. The lowest BCUT2D eigenvalue weighted by molar-refractivity contribution is 0.120. The van der Waals surface area contributed by atoms with E-state index in [1.807, 2.05) is 6.07 Å². The lowest BCUT2D eigenvalue weighted by Crippen LogP contribution is -2.20. The highest BCUT2D eigenvalue weighted by Crippen LogP contribution is 2.27. The van der Waals surface area contributed by atoms with Crippen molar-refractivity contribution in [1.29, 1.82) is 0 Å². The number of para-hydroxylation sites is 1. The van der Waals surface area contributed by atoms with Gasteiger partial charge in [-0.3, -0.25) is 0 Å². The Morgan fingerprint density at radius 3 is 2.79 bits per heavy atom. The molecule has 1 saturated heterocycles. The summed E-state index contributed by atoms with van der Waals surface area (Å²) in [5.41, 5.74) is 5.31. The van der Waals surface area contributed by atoms with E-state index in [2.05, 4.69) is 69.5 Å². The fourth-order valence-corrected chi connectivity index (χ4v) is 3.83. The third-order valence-electron chi connectivity index (χ3n) is 5.35. The van der Waals surface area contributed by atoms with E-state index in [1.165, 1.54) is 11.1 Å². The molecule has 142 valence electrons. The molecule has 5 rings (SSSR count). The summed E-state index contributed by atoms with van der Waals surface area (Å²) in [7, 11) is 0. The van der Waals surface area contributed by atoms with Crippen molar-refractivity contribution >= 4 is 28.0 Å². The highest BCUT2D eigenvalue weighted by atomic mass is 16.5. The molecule has 1 aliphatic rings. The first kappa shape index (κ1) is 17.1. The van der Waals surface area contributed by atoms with Crippen LogP contribution in [0.15, 0.2) is 48.5 Å². The Morgan fingerprint density at radius 2 is 1.96 bits per heavy atom. The number of fused-ring (bicyclic) bond motifs is 3. The molecule has 2 aromatic heterocycles. The van der Waals surface area contributed by atoms with Crippen molar-refractivity contribution in [3.05, 3.63) is 59.7 Å². The molecular weight excluding hydrogens is 350 g/mol. The molecule has 0 spiro atoms. The van der Waals surface area contributed by atoms with Crippen molar-refractivity contribution in [2.75, 3.05) is 18.5 Å². The van der Waals surface area contributed by atoms with Gasteiger partial charge in [-0.2, -0.15) is 4.98 Å². The third-order valence-corrected chi connectivity index (χ3v) is 5.35. The van der Waals surface area contributed by atoms with E-state index in [-0.39, 0.29) is 6.10 Å². The van der Waals surface area contributed by atoms with Crippen LogP contribution >= 0.6 is 0 Å². The van der Waals surface area contributed by atoms with E-state index in [4.69, 9.17) is 9.72 Å². The van der Waals surface area contributed by atoms with E-state index < -0.39 is 0 Å². The highest BCUT2D eigenvalue weighted by Gasteiger charge is 2.17. The molecule has 1 aliphatic heterocycles. The quantitative estimate of drug-likeness (QED) is 0.574. The number of nitrogens with one attached hydrogen (secondary N) is 1. The van der Waals surface area contributed by atoms with Gasteiger partial charge in [0.25, 0.3) is 0 Å². The lowest BCUT2D eigenvalue weighted by Gasteiger charge is -2.11. The number of aryl methyl sites for hydroxylation is 1. The molecule has 1 fully saturated rings. The first-order valence-electron chi connectivity index (χ1n) is 9.80. The number of anilines is 1. The minimum absolute atomic E-state index is 0.234. The normalized spacial score (nSPS) is 16.8. The van der Waals surface area contributed by atoms with Crippen molar-refractivity contribution in [3.8, 4) is 0 Å². The zero-order valence-electron chi connectivity index (χ0n) is 15.9. The molecule has 0 aliphatic carbocycles. The monoisotopic (exact) mass is 373 g/mol. The summed E-state index contributed by atoms with van der Waals surface area (Å²) in [6.07, 6.45) is 2.43. The number of ether oxygens (including phenoxy) is 1. The van der Waals surface area contributed by atoms with Crippen LogP contribution in [0, 0.1) is 6.92 Å². The smallest absolute Gasteiger partial charge is 0.244 e. The first-order chi connectivity index (χ1) is 13.8. The van der Waals surface area contributed by atoms with Crippen molar-refractivity contribution in [3.63, 3.8) is 0 Å². The van der Waals surface area contributed by atoms with Crippen LogP contribution in [-0.4, -0.2) is 39.0 Å². The number of hydrogen-bond acceptors (Lipinski definition) is 5. The van der Waals surface area contributed by atoms with Gasteiger partial charge in [0, 0.05) is 25.1 Å². The third kappa shape index (κ3) is 3.20. The summed E-state index contributed by atoms with van der Waals surface area (Å²) < 4.78 is 7.90. The fraction of sp³-hybridized carbons (Fsp3) is 0.318. The number of rotatable bonds is 5. The number of aromatic nitrogens is 4. The fourth-order valence-electron chi connectivity index (χ4n) is 3.83. The summed E-state index contributed by atoms with van der Waals surface area (Å²) in [4.78, 5) is 4.81. The first-order valence-corrected chi connectivity index (χ1v) is 9.80. The Kier molecular flexibility index (Phi) is 4.41. The Labute approximate surface area is 163 Å². The second kappa shape index (κ2) is 7.20. The van der Waals surface area contributed by atoms with Gasteiger partial charge in [-0.15, -0.1) is 10.2 Å². The molecule has 0 bridgehead atoms. The van der Waals surface area contributed by atoms with Gasteiger partial charge in [0.2, 0.25) is 5.95 Å². The Morgan fingerprint density at radius 1 is 1.11 bits per heavy atom. The average molecular weight is 373 g/mol. The van der Waals surface area contributed by atoms with Crippen LogP contribution in [0.4, 0.5) is 5.95 Å². The maximum atomic E-state index is 5.68. The molecule has 0 radical (unpaired) electrons. The lowest BCUT2D eigenvalue weighted by atomic mass is 10.1. The molecule has 1 N–H and O–H groups in total. The summed E-state index contributed by atoms with van der Waals surface area (Å²) in [6.45, 7) is 4.40. The number of benzene rings is 2. The topological polar surface area (TPSA) is 64.9 Å². The summed E-state index contributed by atoms with van der Waals surface area (Å²) >= 11 is 0. The molecule has 0 amide bonds. The van der Waals surface area contributed by atoms with E-state index in [0.717, 1.165) is 48.1 Å². The predicted molar refractivity (Wildman–Crippen MR) is 111 cm³/mol. The molecule has 1 atom stereocenters. The maximum absolute atomic E-state index is 5.68. The molecule has 6 nitrogen and oxygen atoms in total. The summed E-state index contributed by atoms with van der Waals surface area (Å²) in [6, 6.07) is 16.9. The molecule has 4 aromatic rings. The number of hydrogen-bond donors (Lipinski definition) is 1. The maximum Gasteiger partial charge on any atom is 0.244 e. The van der Waals surface area contributed by atoms with E-state index in [1.54, 1.807) is 0 Å². The highest BCUT2D eigenvalue weighted by molar-refractivity contribution is 6.04. The standard InChI is InChI=1S/C22H23N5O/c1-15-8-10-16(11-9-15)14-27-19-7-3-2-6-18(19)20-21(27)24-22(26-25-20)23-13-17-5-4-12-28-17/h2-3,6-11,17H,4-5,12-14H2,1H3,(H,23,24,26). The second-order valence-corrected chi connectivity index (χ2v) is 7.41. The van der Waals surface area contributed by atoms with Gasteiger partial charge >= 0.3 is 0 Å². The second-order valence-electron chi connectivity index (χ2n) is 7.41. The number of nitrogens with zero attached hydrogens (tertiary/aromatic N) is 4. The minimum atomic E-state index is 0.234. The minimum Gasteiger partial charge on any atom is -0.376 e. The Bertz CT molecular complexity index is 1110. The van der Waals surface area contributed by atoms with Gasteiger partial charge in [-0.1, -0.05) is 48.0 Å². The van der Waals surface area contributed by atoms with Gasteiger partial charge in [-0.25, -0.2) is 0 Å². The largest absolute Gasteiger partial charge is 0.376 e. The SMILES string of the molecule is Cc1ccc(Cn2c3ccccc3c3nnc(NCC4CCCO4)nc32)cc1. The van der Waals surface area contributed by atoms with Gasteiger partial charge in [-0.05, 0) is 31.4 Å². The van der Waals surface area contributed by atoms with Crippen LogP contribution in [0.3, 0.4) is 0 Å². The summed E-state index contributed by atoms with van der Waals surface area (Å²) in [5, 5.41) is 13.2. The Balaban J connectivity index is 1.54. The van der Waals surface area contributed by atoms with Crippen molar-refractivity contribution < 1.29 is 4.74 Å². The molecule has 28 heavy (non-hydrogen) atoms. The van der Waals surface area contributed by atoms with Gasteiger partial charge in [0.1, 0.15) is 5.52 Å². The molecular formula is C22H23N5O. The van der Waals surface area contributed by atoms with Gasteiger partial charge in [0.05, 0.1) is 11.6 Å². The van der Waals surface area contributed by atoms with E-state index >= 15 is 0 Å². The van der Waals surface area contributed by atoms with Crippen molar-refractivity contribution in [2.45, 2.75) is 32.4 Å². The van der Waals surface area contributed by atoms with Crippen LogP contribution in [0.1, 0.15) is 24.0 Å². The van der Waals surface area contributed by atoms with Gasteiger partial charge in [0.15, 0.2) is 5.65 Å².